The van der Waals surface area contributed by atoms with Gasteiger partial charge in [-0.05, 0) is 31.0 Å². The minimum absolute atomic E-state index is 0.114. The maximum absolute atomic E-state index is 12.6. The monoisotopic (exact) mass is 394 g/mol. The van der Waals surface area contributed by atoms with Crippen molar-refractivity contribution in [3.63, 3.8) is 0 Å². The molecule has 0 radical (unpaired) electrons. The largest absolute Gasteiger partial charge is 0.488 e. The van der Waals surface area contributed by atoms with Crippen LogP contribution in [-0.4, -0.2) is 12.6 Å². The Bertz CT molecular complexity index is 1020. The average molecular weight is 394 g/mol. The zero-order valence-corrected chi connectivity index (χ0v) is 16.9. The lowest BCUT2D eigenvalue weighted by molar-refractivity contribution is -0.143. The molecule has 0 fully saturated rings. The van der Waals surface area contributed by atoms with Crippen LogP contribution in [-0.2, 0) is 29.0 Å². The van der Waals surface area contributed by atoms with E-state index in [1.165, 1.54) is 6.07 Å². The van der Waals surface area contributed by atoms with Crippen molar-refractivity contribution in [2.75, 3.05) is 6.61 Å². The lowest BCUT2D eigenvalue weighted by atomic mass is 10.0. The zero-order valence-electron chi connectivity index (χ0n) is 16.9. The fourth-order valence-corrected chi connectivity index (χ4v) is 3.24. The maximum Gasteiger partial charge on any atom is 0.306 e. The van der Waals surface area contributed by atoms with E-state index in [2.05, 4.69) is 6.92 Å². The number of carbonyl (C=O) groups excluding carboxylic acids is 1. The Labute approximate surface area is 170 Å². The van der Waals surface area contributed by atoms with Crippen LogP contribution in [0.4, 0.5) is 0 Å². The summed E-state index contributed by atoms with van der Waals surface area (Å²) in [6.07, 6.45) is 2.11. The lowest BCUT2D eigenvalue weighted by Crippen LogP contribution is -2.09. The second-order valence-electron chi connectivity index (χ2n) is 6.83. The molecule has 0 atom stereocenters. The minimum Gasteiger partial charge on any atom is -0.488 e. The average Bonchev–Trinajstić information content (AvgIpc) is 2.73. The van der Waals surface area contributed by atoms with Crippen molar-refractivity contribution in [3.8, 4) is 5.75 Å². The molecule has 5 nitrogen and oxygen atoms in total. The molecule has 0 spiro atoms. The van der Waals surface area contributed by atoms with Crippen LogP contribution < -0.4 is 10.2 Å². The normalized spacial score (nSPS) is 10.8. The van der Waals surface area contributed by atoms with Gasteiger partial charge < -0.3 is 13.9 Å². The van der Waals surface area contributed by atoms with Gasteiger partial charge in [-0.2, -0.15) is 0 Å². The molecule has 0 saturated carbocycles. The number of hydrogen-bond donors (Lipinski definition) is 0. The second-order valence-corrected chi connectivity index (χ2v) is 6.83. The first-order valence-corrected chi connectivity index (χ1v) is 10.0. The third-order valence-electron chi connectivity index (χ3n) is 4.63. The summed E-state index contributed by atoms with van der Waals surface area (Å²) in [5.74, 6) is 0.894. The summed E-state index contributed by atoms with van der Waals surface area (Å²) in [5.41, 5.74) is 2.39. The molecule has 0 N–H and O–H groups in total. The summed E-state index contributed by atoms with van der Waals surface area (Å²) in [4.78, 5) is 24.2. The predicted molar refractivity (Wildman–Crippen MR) is 112 cm³/mol. The number of aryl methyl sites for hydroxylation is 2. The van der Waals surface area contributed by atoms with Gasteiger partial charge in [0.1, 0.15) is 23.7 Å². The highest BCUT2D eigenvalue weighted by atomic mass is 16.5. The summed E-state index contributed by atoms with van der Waals surface area (Å²) in [7, 11) is 0. The number of benzene rings is 2. The van der Waals surface area contributed by atoms with E-state index in [-0.39, 0.29) is 17.8 Å². The number of ether oxygens (including phenoxy) is 2. The van der Waals surface area contributed by atoms with Gasteiger partial charge in [0.15, 0.2) is 5.43 Å². The molecule has 3 rings (SSSR count). The third-order valence-corrected chi connectivity index (χ3v) is 4.63. The van der Waals surface area contributed by atoms with Gasteiger partial charge in [0.05, 0.1) is 18.4 Å². The summed E-state index contributed by atoms with van der Waals surface area (Å²) < 4.78 is 17.1. The molecule has 0 aliphatic heterocycles. The first kappa shape index (κ1) is 20.6. The minimum atomic E-state index is -0.302. The van der Waals surface area contributed by atoms with Crippen LogP contribution >= 0.6 is 0 Å². The maximum atomic E-state index is 12.6. The zero-order chi connectivity index (χ0) is 20.6. The topological polar surface area (TPSA) is 65.7 Å². The van der Waals surface area contributed by atoms with Gasteiger partial charge in [-0.1, -0.05) is 43.7 Å². The van der Waals surface area contributed by atoms with E-state index in [0.717, 1.165) is 24.0 Å². The van der Waals surface area contributed by atoms with Crippen molar-refractivity contribution in [1.82, 2.24) is 0 Å². The molecule has 0 aliphatic rings. The quantitative estimate of drug-likeness (QED) is 0.487. The van der Waals surface area contributed by atoms with Crippen LogP contribution in [0, 0.1) is 0 Å². The molecule has 2 aromatic carbocycles. The lowest BCUT2D eigenvalue weighted by Gasteiger charge is -2.14. The highest BCUT2D eigenvalue weighted by Crippen LogP contribution is 2.29. The Hall–Kier alpha value is -3.08. The van der Waals surface area contributed by atoms with Crippen LogP contribution in [0.5, 0.6) is 5.75 Å². The Morgan fingerprint density at radius 3 is 2.55 bits per heavy atom. The van der Waals surface area contributed by atoms with Crippen molar-refractivity contribution in [2.45, 2.75) is 46.1 Å². The Balaban J connectivity index is 1.92. The van der Waals surface area contributed by atoms with Gasteiger partial charge in [0.2, 0.25) is 0 Å². The predicted octanol–water partition coefficient (Wildman–Crippen LogP) is 4.82. The van der Waals surface area contributed by atoms with Crippen LogP contribution in [0.25, 0.3) is 11.0 Å². The Kier molecular flexibility index (Phi) is 7.06. The van der Waals surface area contributed by atoms with Crippen LogP contribution in [0.15, 0.2) is 57.7 Å². The van der Waals surface area contributed by atoms with Crippen molar-refractivity contribution in [1.29, 1.82) is 0 Å². The number of carbonyl (C=O) groups is 1. The van der Waals surface area contributed by atoms with Gasteiger partial charge in [-0.15, -0.1) is 0 Å². The molecular weight excluding hydrogens is 368 g/mol. The SMILES string of the molecule is CCCc1c(OCc2ccccc2)ccc2c(=O)cc(CCC(=O)OCC)oc12. The molecule has 1 heterocycles. The molecule has 0 aliphatic carbocycles. The molecule has 0 unspecified atom stereocenters. The molecule has 0 amide bonds. The number of rotatable bonds is 9. The first-order chi connectivity index (χ1) is 14.1. The summed E-state index contributed by atoms with van der Waals surface area (Å²) >= 11 is 0. The van der Waals surface area contributed by atoms with E-state index >= 15 is 0 Å². The first-order valence-electron chi connectivity index (χ1n) is 10.0. The molecule has 29 heavy (non-hydrogen) atoms. The van der Waals surface area contributed by atoms with Gasteiger partial charge in [-0.25, -0.2) is 0 Å². The van der Waals surface area contributed by atoms with E-state index in [9.17, 15) is 9.59 Å². The van der Waals surface area contributed by atoms with Gasteiger partial charge in [0.25, 0.3) is 0 Å². The fraction of sp³-hybridized carbons (Fsp3) is 0.333. The van der Waals surface area contributed by atoms with Crippen LogP contribution in [0.1, 0.15) is 43.6 Å². The van der Waals surface area contributed by atoms with E-state index in [1.54, 1.807) is 13.0 Å². The second kappa shape index (κ2) is 9.92. The molecule has 0 bridgehead atoms. The standard InChI is InChI=1S/C24H26O5/c1-3-8-20-22(28-16-17-9-6-5-7-10-17)13-12-19-21(25)15-18(29-24(19)20)11-14-23(26)27-4-2/h5-7,9-10,12-13,15H,3-4,8,11,14,16H2,1-2H3. The van der Waals surface area contributed by atoms with E-state index < -0.39 is 0 Å². The van der Waals surface area contributed by atoms with Gasteiger partial charge >= 0.3 is 5.97 Å². The third kappa shape index (κ3) is 5.25. The highest BCUT2D eigenvalue weighted by Gasteiger charge is 2.15. The molecule has 152 valence electrons. The van der Waals surface area contributed by atoms with Crippen molar-refractivity contribution in [2.24, 2.45) is 0 Å². The molecule has 1 aromatic heterocycles. The Morgan fingerprint density at radius 1 is 1.03 bits per heavy atom. The summed E-state index contributed by atoms with van der Waals surface area (Å²) in [6, 6.07) is 15.0. The molecule has 5 heteroatoms. The van der Waals surface area contributed by atoms with E-state index in [4.69, 9.17) is 13.9 Å². The van der Waals surface area contributed by atoms with Gasteiger partial charge in [0, 0.05) is 18.1 Å². The summed E-state index contributed by atoms with van der Waals surface area (Å²) in [6.45, 7) is 4.61. The molecule has 3 aromatic rings. The van der Waals surface area contributed by atoms with Crippen LogP contribution in [0.3, 0.4) is 0 Å². The summed E-state index contributed by atoms with van der Waals surface area (Å²) in [5, 5.41) is 0.528. The van der Waals surface area contributed by atoms with E-state index in [1.807, 2.05) is 36.4 Å². The number of esters is 1. The van der Waals surface area contributed by atoms with Crippen LogP contribution in [0.2, 0.25) is 0 Å². The Morgan fingerprint density at radius 2 is 1.83 bits per heavy atom. The number of fused-ring (bicyclic) bond motifs is 1. The number of hydrogen-bond acceptors (Lipinski definition) is 5. The highest BCUT2D eigenvalue weighted by molar-refractivity contribution is 5.82. The van der Waals surface area contributed by atoms with Crippen molar-refractivity contribution in [3.05, 3.63) is 75.6 Å². The van der Waals surface area contributed by atoms with Crippen molar-refractivity contribution >= 4 is 16.9 Å². The smallest absolute Gasteiger partial charge is 0.306 e. The van der Waals surface area contributed by atoms with Crippen molar-refractivity contribution < 1.29 is 18.7 Å². The van der Waals surface area contributed by atoms with E-state index in [0.29, 0.717) is 42.1 Å². The molecular formula is C24H26O5. The molecule has 0 saturated heterocycles. The van der Waals surface area contributed by atoms with Gasteiger partial charge in [-0.3, -0.25) is 9.59 Å². The fourth-order valence-electron chi connectivity index (χ4n) is 3.24.